The van der Waals surface area contributed by atoms with Crippen molar-refractivity contribution in [2.45, 2.75) is 25.1 Å². The van der Waals surface area contributed by atoms with Gasteiger partial charge < -0.3 is 24.8 Å². The first-order chi connectivity index (χ1) is 21.1. The van der Waals surface area contributed by atoms with E-state index in [1.165, 1.54) is 25.3 Å². The summed E-state index contributed by atoms with van der Waals surface area (Å²) in [5.41, 5.74) is 1.68. The van der Waals surface area contributed by atoms with Gasteiger partial charge in [-0.05, 0) is 79.1 Å². The molecule has 3 heterocycles. The van der Waals surface area contributed by atoms with E-state index in [1.807, 2.05) is 10.6 Å². The van der Waals surface area contributed by atoms with Gasteiger partial charge in [0.25, 0.3) is 17.4 Å². The van der Waals surface area contributed by atoms with Gasteiger partial charge in [-0.1, -0.05) is 12.1 Å². The number of methoxy groups -OCH3 is 1. The van der Waals surface area contributed by atoms with Crippen LogP contribution in [0.3, 0.4) is 0 Å². The Labute approximate surface area is 251 Å². The Kier molecular flexibility index (Phi) is 7.62. The van der Waals surface area contributed by atoms with E-state index in [2.05, 4.69) is 15.5 Å². The number of hydrogen-bond acceptors (Lipinski definition) is 5. The molecule has 8 nitrogen and oxygen atoms in total. The average molecular weight is 603 g/mol. The van der Waals surface area contributed by atoms with Crippen molar-refractivity contribution in [2.24, 2.45) is 5.92 Å². The number of benzene rings is 3. The Bertz CT molecular complexity index is 1790. The number of aromatic nitrogens is 1. The zero-order chi connectivity index (χ0) is 31.0. The minimum absolute atomic E-state index is 0.00418. The monoisotopic (exact) mass is 602 g/mol. The number of pyridine rings is 1. The van der Waals surface area contributed by atoms with Crippen molar-refractivity contribution in [2.75, 3.05) is 35.7 Å². The lowest BCUT2D eigenvalue weighted by Crippen LogP contribution is -2.47. The minimum atomic E-state index is -4.55. The Hall–Kier alpha value is -5.06. The van der Waals surface area contributed by atoms with Crippen LogP contribution in [0.25, 0.3) is 0 Å². The molecule has 1 fully saturated rings. The maximum Gasteiger partial charge on any atom is 0.416 e. The van der Waals surface area contributed by atoms with Gasteiger partial charge in [0.05, 0.1) is 24.0 Å². The maximum absolute atomic E-state index is 13.3. The lowest BCUT2D eigenvalue weighted by Gasteiger charge is -2.44. The molecule has 1 aromatic heterocycles. The van der Waals surface area contributed by atoms with Gasteiger partial charge in [0, 0.05) is 54.1 Å². The summed E-state index contributed by atoms with van der Waals surface area (Å²) in [5, 5.41) is 5.47. The van der Waals surface area contributed by atoms with E-state index in [0.29, 0.717) is 42.3 Å². The molecular formula is C33H29F3N4O4. The molecule has 4 aromatic rings. The molecule has 2 unspecified atom stereocenters. The molecule has 3 aromatic carbocycles. The summed E-state index contributed by atoms with van der Waals surface area (Å²) >= 11 is 0. The number of halogens is 3. The number of alkyl halides is 3. The van der Waals surface area contributed by atoms with Gasteiger partial charge in [0.1, 0.15) is 5.75 Å². The SMILES string of the molecule is COc1ccc(C(=O)Nc2cc(C(=O)Nc3cccc(C(F)(F)F)c3)ccc2N2CC3CC(C2)c2cccc(=O)n2C3)cc1. The second kappa shape index (κ2) is 11.6. The van der Waals surface area contributed by atoms with E-state index >= 15 is 0 Å². The molecule has 2 atom stereocenters. The Morgan fingerprint density at radius 1 is 0.841 bits per heavy atom. The van der Waals surface area contributed by atoms with Crippen LogP contribution in [-0.4, -0.2) is 36.6 Å². The number of ether oxygens (including phenoxy) is 1. The third-order valence-corrected chi connectivity index (χ3v) is 8.13. The first kappa shape index (κ1) is 29.0. The van der Waals surface area contributed by atoms with Crippen molar-refractivity contribution in [3.63, 3.8) is 0 Å². The number of hydrogen-bond donors (Lipinski definition) is 2. The highest BCUT2D eigenvalue weighted by Crippen LogP contribution is 2.39. The standard InChI is InChI=1S/C33H29F3N4O4/c1-44-26-11-8-21(9-12-26)31(42)38-27-15-22(32(43)37-25-5-2-4-24(16-25)33(34,35)36)10-13-29(27)39-17-20-14-23(19-39)28-6-3-7-30(41)40(28)18-20/h2-13,15-16,20,23H,14,17-19H2,1H3,(H,37,43)(H,38,42). The summed E-state index contributed by atoms with van der Waals surface area (Å²) in [6.45, 7) is 1.83. The predicted octanol–water partition coefficient (Wildman–Crippen LogP) is 6.00. The van der Waals surface area contributed by atoms with Gasteiger partial charge in [-0.3, -0.25) is 14.4 Å². The van der Waals surface area contributed by atoms with Crippen LogP contribution in [0.1, 0.15) is 44.3 Å². The zero-order valence-corrected chi connectivity index (χ0v) is 23.7. The first-order valence-electron chi connectivity index (χ1n) is 14.1. The fraction of sp³-hybridized carbons (Fsp3) is 0.242. The lowest BCUT2D eigenvalue weighted by atomic mass is 9.83. The van der Waals surface area contributed by atoms with Crippen LogP contribution in [0.15, 0.2) is 89.7 Å². The summed E-state index contributed by atoms with van der Waals surface area (Å²) < 4.78 is 46.7. The van der Waals surface area contributed by atoms with Crippen LogP contribution in [0.4, 0.5) is 30.2 Å². The lowest BCUT2D eigenvalue weighted by molar-refractivity contribution is -0.137. The number of amides is 2. The molecule has 44 heavy (non-hydrogen) atoms. The van der Waals surface area contributed by atoms with Gasteiger partial charge in [-0.15, -0.1) is 0 Å². The van der Waals surface area contributed by atoms with Crippen molar-refractivity contribution in [3.8, 4) is 5.75 Å². The Morgan fingerprint density at radius 2 is 1.57 bits per heavy atom. The van der Waals surface area contributed by atoms with Gasteiger partial charge in [-0.25, -0.2) is 0 Å². The maximum atomic E-state index is 13.3. The summed E-state index contributed by atoms with van der Waals surface area (Å²) in [6.07, 6.45) is -3.62. The molecule has 0 radical (unpaired) electrons. The summed E-state index contributed by atoms with van der Waals surface area (Å²) in [6, 6.07) is 21.1. The van der Waals surface area contributed by atoms with E-state index in [-0.39, 0.29) is 28.6 Å². The highest BCUT2D eigenvalue weighted by Gasteiger charge is 2.35. The largest absolute Gasteiger partial charge is 0.497 e. The van der Waals surface area contributed by atoms with Crippen molar-refractivity contribution >= 4 is 28.9 Å². The number of rotatable bonds is 6. The van der Waals surface area contributed by atoms with Crippen LogP contribution >= 0.6 is 0 Å². The van der Waals surface area contributed by atoms with Crippen LogP contribution in [-0.2, 0) is 12.7 Å². The molecule has 11 heteroatoms. The molecule has 2 bridgehead atoms. The van der Waals surface area contributed by atoms with E-state index in [4.69, 9.17) is 4.74 Å². The van der Waals surface area contributed by atoms with Gasteiger partial charge in [0.2, 0.25) is 0 Å². The van der Waals surface area contributed by atoms with E-state index < -0.39 is 23.6 Å². The normalized spacial score (nSPS) is 17.4. The average Bonchev–Trinajstić information content (AvgIpc) is 3.01. The predicted molar refractivity (Wildman–Crippen MR) is 161 cm³/mol. The van der Waals surface area contributed by atoms with Crippen LogP contribution in [0.2, 0.25) is 0 Å². The highest BCUT2D eigenvalue weighted by atomic mass is 19.4. The first-order valence-corrected chi connectivity index (χ1v) is 14.1. The third kappa shape index (κ3) is 5.90. The summed E-state index contributed by atoms with van der Waals surface area (Å²) in [7, 11) is 1.53. The van der Waals surface area contributed by atoms with Gasteiger partial charge >= 0.3 is 6.18 Å². The second-order valence-corrected chi connectivity index (χ2v) is 11.1. The Balaban J connectivity index is 1.31. The number of carbonyl (C=O) groups is 2. The number of piperidine rings is 1. The number of carbonyl (C=O) groups excluding carboxylic acids is 2. The number of fused-ring (bicyclic) bond motifs is 4. The summed E-state index contributed by atoms with van der Waals surface area (Å²) in [4.78, 5) is 41.2. The molecule has 6 rings (SSSR count). The summed E-state index contributed by atoms with van der Waals surface area (Å²) in [5.74, 6) is -0.131. The molecule has 2 aliphatic rings. The van der Waals surface area contributed by atoms with Gasteiger partial charge in [0.15, 0.2) is 0 Å². The van der Waals surface area contributed by atoms with Gasteiger partial charge in [-0.2, -0.15) is 13.2 Å². The topological polar surface area (TPSA) is 92.7 Å². The molecule has 0 aliphatic carbocycles. The van der Waals surface area contributed by atoms with E-state index in [1.54, 1.807) is 48.5 Å². The molecule has 226 valence electrons. The number of anilines is 3. The van der Waals surface area contributed by atoms with E-state index in [0.717, 1.165) is 24.2 Å². The quantitative estimate of drug-likeness (QED) is 0.282. The van der Waals surface area contributed by atoms with Crippen LogP contribution in [0, 0.1) is 5.92 Å². The smallest absolute Gasteiger partial charge is 0.416 e. The molecule has 0 spiro atoms. The fourth-order valence-corrected chi connectivity index (χ4v) is 6.06. The van der Waals surface area contributed by atoms with Crippen LogP contribution < -0.4 is 25.8 Å². The molecular weight excluding hydrogens is 573 g/mol. The van der Waals surface area contributed by atoms with Crippen LogP contribution in [0.5, 0.6) is 5.75 Å². The van der Waals surface area contributed by atoms with Crippen molar-refractivity contribution in [1.82, 2.24) is 4.57 Å². The molecule has 2 amide bonds. The van der Waals surface area contributed by atoms with Crippen molar-refractivity contribution in [3.05, 3.63) is 118 Å². The Morgan fingerprint density at radius 3 is 2.32 bits per heavy atom. The molecule has 1 saturated heterocycles. The molecule has 2 aliphatic heterocycles. The molecule has 0 saturated carbocycles. The molecule has 2 N–H and O–H groups in total. The highest BCUT2D eigenvalue weighted by molar-refractivity contribution is 6.09. The number of nitrogens with one attached hydrogen (secondary N) is 2. The van der Waals surface area contributed by atoms with E-state index in [9.17, 15) is 27.6 Å². The fourth-order valence-electron chi connectivity index (χ4n) is 6.06. The third-order valence-electron chi connectivity index (χ3n) is 8.13. The van der Waals surface area contributed by atoms with Crippen molar-refractivity contribution in [1.29, 1.82) is 0 Å². The minimum Gasteiger partial charge on any atom is -0.497 e. The van der Waals surface area contributed by atoms with Crippen molar-refractivity contribution < 1.29 is 27.5 Å². The second-order valence-electron chi connectivity index (χ2n) is 11.1. The zero-order valence-electron chi connectivity index (χ0n) is 23.7. The number of nitrogens with zero attached hydrogens (tertiary/aromatic N) is 2.